The molecule has 7 heteroatoms. The molecule has 1 heterocycles. The van der Waals surface area contributed by atoms with Crippen LogP contribution in [0.1, 0.15) is 25.3 Å². The number of carbonyl (C=O) groups is 3. The van der Waals surface area contributed by atoms with Crippen molar-refractivity contribution in [2.75, 3.05) is 6.54 Å². The van der Waals surface area contributed by atoms with Gasteiger partial charge in [0.1, 0.15) is 12.6 Å². The Morgan fingerprint density at radius 3 is 2.70 bits per heavy atom. The second kappa shape index (κ2) is 7.62. The van der Waals surface area contributed by atoms with E-state index in [1.54, 1.807) is 0 Å². The van der Waals surface area contributed by atoms with Crippen LogP contribution in [0.3, 0.4) is 0 Å². The van der Waals surface area contributed by atoms with Crippen LogP contribution in [-0.4, -0.2) is 41.5 Å². The predicted molar refractivity (Wildman–Crippen MR) is 79.0 cm³/mol. The van der Waals surface area contributed by atoms with E-state index in [9.17, 15) is 19.5 Å². The first-order chi connectivity index (χ1) is 11.0. The number of carboxylic acid groups (broad SMARTS) is 1. The van der Waals surface area contributed by atoms with Crippen LogP contribution >= 0.6 is 0 Å². The van der Waals surface area contributed by atoms with Crippen molar-refractivity contribution in [3.63, 3.8) is 0 Å². The quantitative estimate of drug-likeness (QED) is 0.826. The maximum atomic E-state index is 12.2. The van der Waals surface area contributed by atoms with E-state index in [1.165, 1.54) is 11.8 Å². The van der Waals surface area contributed by atoms with Crippen molar-refractivity contribution in [3.05, 3.63) is 35.9 Å². The van der Waals surface area contributed by atoms with Gasteiger partial charge in [0.25, 0.3) is 0 Å². The molecule has 7 nitrogen and oxygen atoms in total. The summed E-state index contributed by atoms with van der Waals surface area (Å²) in [5, 5.41) is 13.4. The molecule has 1 aromatic rings. The van der Waals surface area contributed by atoms with Crippen molar-refractivity contribution in [1.82, 2.24) is 10.2 Å². The van der Waals surface area contributed by atoms with Crippen molar-refractivity contribution >= 4 is 18.0 Å². The molecule has 0 bridgehead atoms. The van der Waals surface area contributed by atoms with Crippen molar-refractivity contribution in [2.24, 2.45) is 0 Å². The number of carboxylic acids is 1. The van der Waals surface area contributed by atoms with Crippen molar-refractivity contribution in [2.45, 2.75) is 38.5 Å². The normalized spacial score (nSPS) is 18.3. The van der Waals surface area contributed by atoms with Gasteiger partial charge < -0.3 is 24.9 Å². The van der Waals surface area contributed by atoms with E-state index in [0.717, 1.165) is 5.56 Å². The van der Waals surface area contributed by atoms with Gasteiger partial charge in [-0.2, -0.15) is 0 Å². The Morgan fingerprint density at radius 1 is 1.35 bits per heavy atom. The molecular formula is C16H19N2O5-. The summed E-state index contributed by atoms with van der Waals surface area (Å²) in [6.07, 6.45) is 0.258. The lowest BCUT2D eigenvalue weighted by molar-refractivity contribution is -0.310. The molecule has 2 rings (SSSR count). The highest BCUT2D eigenvalue weighted by Gasteiger charge is 2.32. The fourth-order valence-electron chi connectivity index (χ4n) is 2.53. The van der Waals surface area contributed by atoms with Crippen LogP contribution in [0.25, 0.3) is 0 Å². The molecule has 2 atom stereocenters. The molecule has 1 aromatic carbocycles. The number of rotatable bonds is 5. The molecule has 124 valence electrons. The number of nitrogens with one attached hydrogen (secondary N) is 1. The third-order valence-electron chi connectivity index (χ3n) is 3.73. The largest absolute Gasteiger partial charge is 0.548 e. The van der Waals surface area contributed by atoms with Crippen LogP contribution in [0.2, 0.25) is 0 Å². The van der Waals surface area contributed by atoms with Crippen LogP contribution in [0.15, 0.2) is 30.3 Å². The summed E-state index contributed by atoms with van der Waals surface area (Å²) in [7, 11) is 0. The lowest BCUT2D eigenvalue weighted by Gasteiger charge is -2.28. The fraction of sp³-hybridized carbons (Fsp3) is 0.438. The maximum Gasteiger partial charge on any atom is 0.408 e. The molecule has 1 saturated heterocycles. The smallest absolute Gasteiger partial charge is 0.408 e. The van der Waals surface area contributed by atoms with Crippen molar-refractivity contribution in [3.8, 4) is 0 Å². The molecule has 1 aliphatic heterocycles. The summed E-state index contributed by atoms with van der Waals surface area (Å²) in [5.74, 6) is -1.72. The minimum atomic E-state index is -1.27. The molecule has 2 amide bonds. The van der Waals surface area contributed by atoms with Crippen molar-refractivity contribution in [1.29, 1.82) is 0 Å². The third kappa shape index (κ3) is 4.45. The van der Waals surface area contributed by atoms with Gasteiger partial charge in [-0.1, -0.05) is 30.3 Å². The average Bonchev–Trinajstić information content (AvgIpc) is 3.03. The number of carbonyl (C=O) groups excluding carboxylic acids is 3. The lowest BCUT2D eigenvalue weighted by Crippen LogP contribution is -2.53. The van der Waals surface area contributed by atoms with Gasteiger partial charge in [0.05, 0.1) is 12.0 Å². The van der Waals surface area contributed by atoms with Crippen LogP contribution in [0, 0.1) is 0 Å². The van der Waals surface area contributed by atoms with Crippen LogP contribution < -0.4 is 10.4 Å². The Labute approximate surface area is 134 Å². The SMILES string of the molecule is C[C@@H](NC(=O)OCc1ccccc1)C(=O)N1CCC[C@@H]1C(=O)[O-]. The van der Waals surface area contributed by atoms with E-state index >= 15 is 0 Å². The summed E-state index contributed by atoms with van der Waals surface area (Å²) < 4.78 is 5.04. The van der Waals surface area contributed by atoms with Crippen LogP contribution in [-0.2, 0) is 20.9 Å². The zero-order valence-electron chi connectivity index (χ0n) is 12.9. The van der Waals surface area contributed by atoms with E-state index in [2.05, 4.69) is 5.32 Å². The number of alkyl carbamates (subject to hydrolysis) is 1. The number of benzene rings is 1. The average molecular weight is 319 g/mol. The molecule has 0 saturated carbocycles. The second-order valence-electron chi connectivity index (χ2n) is 5.44. The molecule has 0 aromatic heterocycles. The van der Waals surface area contributed by atoms with Gasteiger partial charge in [0.15, 0.2) is 0 Å². The molecule has 0 spiro atoms. The van der Waals surface area contributed by atoms with E-state index in [1.807, 2.05) is 30.3 Å². The minimum Gasteiger partial charge on any atom is -0.548 e. The van der Waals surface area contributed by atoms with Crippen molar-refractivity contribution < 1.29 is 24.2 Å². The molecule has 0 unspecified atom stereocenters. The van der Waals surface area contributed by atoms with Gasteiger partial charge in [0, 0.05) is 6.54 Å². The Kier molecular flexibility index (Phi) is 5.56. The highest BCUT2D eigenvalue weighted by molar-refractivity contribution is 5.89. The zero-order valence-corrected chi connectivity index (χ0v) is 12.9. The lowest BCUT2D eigenvalue weighted by atomic mass is 10.2. The van der Waals surface area contributed by atoms with Gasteiger partial charge in [-0.15, -0.1) is 0 Å². The van der Waals surface area contributed by atoms with Gasteiger partial charge in [0.2, 0.25) is 5.91 Å². The topological polar surface area (TPSA) is 98.8 Å². The molecule has 23 heavy (non-hydrogen) atoms. The van der Waals surface area contributed by atoms with Gasteiger partial charge in [-0.3, -0.25) is 4.79 Å². The number of aliphatic carboxylic acids is 1. The molecule has 1 aliphatic rings. The van der Waals surface area contributed by atoms with Gasteiger partial charge >= 0.3 is 6.09 Å². The number of amides is 2. The van der Waals surface area contributed by atoms with E-state index in [0.29, 0.717) is 19.4 Å². The molecule has 0 radical (unpaired) electrons. The van der Waals surface area contributed by atoms with E-state index in [4.69, 9.17) is 4.74 Å². The first-order valence-corrected chi connectivity index (χ1v) is 7.47. The van der Waals surface area contributed by atoms with Gasteiger partial charge in [-0.05, 0) is 25.3 Å². The van der Waals surface area contributed by atoms with E-state index < -0.39 is 30.1 Å². The zero-order chi connectivity index (χ0) is 16.8. The van der Waals surface area contributed by atoms with Crippen LogP contribution in [0.4, 0.5) is 4.79 Å². The minimum absolute atomic E-state index is 0.0962. The fourth-order valence-corrected chi connectivity index (χ4v) is 2.53. The third-order valence-corrected chi connectivity index (χ3v) is 3.73. The predicted octanol–water partition coefficient (Wildman–Crippen LogP) is 0.0422. The number of nitrogens with zero attached hydrogens (tertiary/aromatic N) is 1. The first-order valence-electron chi connectivity index (χ1n) is 7.47. The molecular weight excluding hydrogens is 300 g/mol. The Hall–Kier alpha value is -2.57. The summed E-state index contributed by atoms with van der Waals surface area (Å²) in [6.45, 7) is 1.94. The monoisotopic (exact) mass is 319 g/mol. The number of hydrogen-bond donors (Lipinski definition) is 1. The summed E-state index contributed by atoms with van der Waals surface area (Å²) >= 11 is 0. The highest BCUT2D eigenvalue weighted by atomic mass is 16.5. The maximum absolute atomic E-state index is 12.2. The number of likely N-dealkylation sites (tertiary alicyclic amines) is 1. The van der Waals surface area contributed by atoms with Gasteiger partial charge in [-0.25, -0.2) is 4.79 Å². The number of hydrogen-bond acceptors (Lipinski definition) is 5. The highest BCUT2D eigenvalue weighted by Crippen LogP contribution is 2.17. The first kappa shape index (κ1) is 16.8. The summed E-state index contributed by atoms with van der Waals surface area (Å²) in [5.41, 5.74) is 0.832. The van der Waals surface area contributed by atoms with Crippen LogP contribution in [0.5, 0.6) is 0 Å². The Morgan fingerprint density at radius 2 is 2.04 bits per heavy atom. The summed E-state index contributed by atoms with van der Waals surface area (Å²) in [4.78, 5) is 36.2. The molecule has 1 N–H and O–H groups in total. The Bertz CT molecular complexity index is 575. The summed E-state index contributed by atoms with van der Waals surface area (Å²) in [6, 6.07) is 7.36. The molecule has 1 fully saturated rings. The number of ether oxygens (including phenoxy) is 1. The molecule has 0 aliphatic carbocycles. The second-order valence-corrected chi connectivity index (χ2v) is 5.44. The Balaban J connectivity index is 1.83. The van der Waals surface area contributed by atoms with E-state index in [-0.39, 0.29) is 6.61 Å². The standard InChI is InChI=1S/C16H20N2O5/c1-11(14(19)18-9-5-8-13(18)15(20)21)17-16(22)23-10-12-6-3-2-4-7-12/h2-4,6-7,11,13H,5,8-10H2,1H3,(H,17,22)(H,20,21)/p-1/t11-,13-/m1/s1.